The van der Waals surface area contributed by atoms with Crippen molar-refractivity contribution in [2.24, 2.45) is 0 Å². The highest BCUT2D eigenvalue weighted by molar-refractivity contribution is 7.92. The van der Waals surface area contributed by atoms with Crippen LogP contribution in [0.2, 0.25) is 0 Å². The summed E-state index contributed by atoms with van der Waals surface area (Å²) in [5, 5.41) is 13.1. The van der Waals surface area contributed by atoms with Crippen molar-refractivity contribution >= 4 is 27.4 Å². The lowest BCUT2D eigenvalue weighted by Crippen LogP contribution is -2.24. The van der Waals surface area contributed by atoms with Gasteiger partial charge in [-0.1, -0.05) is 0 Å². The van der Waals surface area contributed by atoms with Crippen LogP contribution in [0.4, 0.5) is 11.5 Å². The monoisotopic (exact) mass is 335 g/mol. The molecule has 3 rings (SSSR count). The van der Waals surface area contributed by atoms with Crippen LogP contribution in [0.3, 0.4) is 0 Å². The molecule has 23 heavy (non-hydrogen) atoms. The number of anilines is 2. The second-order valence-corrected chi connectivity index (χ2v) is 7.11. The first-order valence-electron chi connectivity index (χ1n) is 7.08. The van der Waals surface area contributed by atoms with E-state index in [2.05, 4.69) is 25.6 Å². The van der Waals surface area contributed by atoms with Crippen molar-refractivity contribution in [3.8, 4) is 0 Å². The molecule has 0 aliphatic carbocycles. The molecule has 8 nitrogen and oxygen atoms in total. The van der Waals surface area contributed by atoms with E-state index in [1.807, 2.05) is 0 Å². The molecule has 0 atom stereocenters. The summed E-state index contributed by atoms with van der Waals surface area (Å²) in [6.45, 7) is 1.55. The smallest absolute Gasteiger partial charge is 0.256 e. The third kappa shape index (κ3) is 3.69. The van der Waals surface area contributed by atoms with Gasteiger partial charge in [0.1, 0.15) is 0 Å². The van der Waals surface area contributed by atoms with Gasteiger partial charge in [0.25, 0.3) is 5.91 Å². The number of nitrogens with zero attached hydrogens (tertiary/aromatic N) is 1. The van der Waals surface area contributed by atoms with Crippen LogP contribution in [0.25, 0.3) is 0 Å². The third-order valence-electron chi connectivity index (χ3n) is 3.49. The second kappa shape index (κ2) is 6.01. The summed E-state index contributed by atoms with van der Waals surface area (Å²) in [6, 6.07) is 6.19. The first-order chi connectivity index (χ1) is 10.9. The Morgan fingerprint density at radius 3 is 2.70 bits per heavy atom. The molecule has 1 aromatic carbocycles. The largest absolute Gasteiger partial charge is 0.312 e. The van der Waals surface area contributed by atoms with Gasteiger partial charge in [-0.3, -0.25) is 14.6 Å². The summed E-state index contributed by atoms with van der Waals surface area (Å²) < 4.78 is 24.7. The van der Waals surface area contributed by atoms with E-state index < -0.39 is 10.0 Å². The third-order valence-corrected chi connectivity index (χ3v) is 4.10. The van der Waals surface area contributed by atoms with E-state index in [-0.39, 0.29) is 5.91 Å². The molecule has 9 heteroatoms. The molecule has 0 unspecified atom stereocenters. The highest BCUT2D eigenvalue weighted by atomic mass is 32.2. The summed E-state index contributed by atoms with van der Waals surface area (Å²) in [7, 11) is -3.33. The van der Waals surface area contributed by atoms with Crippen molar-refractivity contribution in [2.45, 2.75) is 13.0 Å². The van der Waals surface area contributed by atoms with Crippen LogP contribution in [0.5, 0.6) is 0 Å². The number of H-pyrrole nitrogens is 1. The molecule has 0 radical (unpaired) electrons. The van der Waals surface area contributed by atoms with Gasteiger partial charge in [-0.25, -0.2) is 8.42 Å². The van der Waals surface area contributed by atoms with E-state index in [1.54, 1.807) is 12.1 Å². The first-order valence-corrected chi connectivity index (χ1v) is 8.97. The minimum absolute atomic E-state index is 0.296. The predicted octanol–water partition coefficient (Wildman–Crippen LogP) is 0.679. The summed E-state index contributed by atoms with van der Waals surface area (Å²) in [5.74, 6) is 0.228. The lowest BCUT2D eigenvalue weighted by atomic mass is 10.1. The fourth-order valence-corrected chi connectivity index (χ4v) is 2.98. The van der Waals surface area contributed by atoms with Crippen molar-refractivity contribution in [3.05, 3.63) is 41.1 Å². The number of hydrogen-bond acceptors (Lipinski definition) is 5. The number of fused-ring (bicyclic) bond motifs is 1. The minimum atomic E-state index is -3.33. The Bertz CT molecular complexity index is 827. The maximum absolute atomic E-state index is 12.3. The number of aromatic amines is 1. The van der Waals surface area contributed by atoms with Crippen LogP contribution in [0.1, 0.15) is 21.6 Å². The minimum Gasteiger partial charge on any atom is -0.312 e. The fraction of sp³-hybridized carbons (Fsp3) is 0.286. The predicted molar refractivity (Wildman–Crippen MR) is 86.9 cm³/mol. The molecule has 1 amide bonds. The van der Waals surface area contributed by atoms with Gasteiger partial charge in [0.15, 0.2) is 5.82 Å². The summed E-state index contributed by atoms with van der Waals surface area (Å²) in [4.78, 5) is 12.3. The molecule has 1 aromatic heterocycles. The molecule has 4 N–H and O–H groups in total. The number of nitrogens with one attached hydrogen (secondary N) is 4. The van der Waals surface area contributed by atoms with Crippen LogP contribution in [0.15, 0.2) is 24.3 Å². The summed E-state index contributed by atoms with van der Waals surface area (Å²) in [5.41, 5.74) is 2.83. The van der Waals surface area contributed by atoms with Crippen molar-refractivity contribution in [1.29, 1.82) is 0 Å². The Kier molecular flexibility index (Phi) is 4.05. The molecular formula is C14H17N5O3S. The number of hydrogen-bond donors (Lipinski definition) is 4. The van der Waals surface area contributed by atoms with Crippen LogP contribution in [-0.4, -0.2) is 37.3 Å². The molecule has 0 saturated carbocycles. The van der Waals surface area contributed by atoms with Crippen molar-refractivity contribution in [2.75, 3.05) is 22.8 Å². The normalized spacial score (nSPS) is 14.1. The molecule has 1 aliphatic rings. The lowest BCUT2D eigenvalue weighted by molar-refractivity contribution is 0.102. The topological polar surface area (TPSA) is 116 Å². The van der Waals surface area contributed by atoms with Crippen LogP contribution in [0, 0.1) is 0 Å². The van der Waals surface area contributed by atoms with E-state index in [0.29, 0.717) is 23.6 Å². The number of rotatable bonds is 4. The van der Waals surface area contributed by atoms with E-state index in [0.717, 1.165) is 30.5 Å². The Morgan fingerprint density at radius 2 is 2.00 bits per heavy atom. The molecule has 0 bridgehead atoms. The zero-order chi connectivity index (χ0) is 16.4. The van der Waals surface area contributed by atoms with Gasteiger partial charge >= 0.3 is 0 Å². The van der Waals surface area contributed by atoms with Gasteiger partial charge in [0.2, 0.25) is 10.0 Å². The SMILES string of the molecule is CS(=O)(=O)Nc1ccc(C(=O)Nc2n[nH]c3c2CNCC3)cc1. The fourth-order valence-electron chi connectivity index (χ4n) is 2.41. The molecule has 2 heterocycles. The quantitative estimate of drug-likeness (QED) is 0.656. The lowest BCUT2D eigenvalue weighted by Gasteiger charge is -2.13. The zero-order valence-electron chi connectivity index (χ0n) is 12.5. The van der Waals surface area contributed by atoms with E-state index in [1.165, 1.54) is 12.1 Å². The number of amides is 1. The number of carbonyl (C=O) groups is 1. The van der Waals surface area contributed by atoms with Gasteiger partial charge in [-0.2, -0.15) is 5.10 Å². The van der Waals surface area contributed by atoms with E-state index >= 15 is 0 Å². The Balaban J connectivity index is 1.72. The van der Waals surface area contributed by atoms with Crippen molar-refractivity contribution < 1.29 is 13.2 Å². The van der Waals surface area contributed by atoms with Crippen LogP contribution in [-0.2, 0) is 23.0 Å². The highest BCUT2D eigenvalue weighted by Gasteiger charge is 2.18. The van der Waals surface area contributed by atoms with Crippen molar-refractivity contribution in [1.82, 2.24) is 15.5 Å². The average molecular weight is 335 g/mol. The number of carbonyl (C=O) groups excluding carboxylic acids is 1. The Labute approximate surface area is 133 Å². The first kappa shape index (κ1) is 15.5. The summed E-state index contributed by atoms with van der Waals surface area (Å²) >= 11 is 0. The standard InChI is InChI=1S/C14H17N5O3S/c1-23(21,22)19-10-4-2-9(3-5-10)14(20)16-13-11-8-15-7-6-12(11)17-18-13/h2-5,15,19H,6-8H2,1H3,(H2,16,17,18,20). The number of benzene rings is 1. The van der Waals surface area contributed by atoms with Crippen LogP contribution >= 0.6 is 0 Å². The maximum Gasteiger partial charge on any atom is 0.256 e. The Morgan fingerprint density at radius 1 is 1.26 bits per heavy atom. The van der Waals surface area contributed by atoms with Gasteiger partial charge in [0, 0.05) is 42.0 Å². The molecule has 0 fully saturated rings. The summed E-state index contributed by atoms with van der Waals surface area (Å²) in [6.07, 6.45) is 1.92. The van der Waals surface area contributed by atoms with Gasteiger partial charge in [0.05, 0.1) is 6.26 Å². The van der Waals surface area contributed by atoms with E-state index in [9.17, 15) is 13.2 Å². The molecule has 1 aliphatic heterocycles. The molecule has 0 saturated heterocycles. The highest BCUT2D eigenvalue weighted by Crippen LogP contribution is 2.20. The van der Waals surface area contributed by atoms with Gasteiger partial charge < -0.3 is 10.6 Å². The molecule has 122 valence electrons. The second-order valence-electron chi connectivity index (χ2n) is 5.36. The number of aromatic nitrogens is 2. The Hall–Kier alpha value is -2.39. The van der Waals surface area contributed by atoms with Gasteiger partial charge in [-0.15, -0.1) is 0 Å². The van der Waals surface area contributed by atoms with Crippen LogP contribution < -0.4 is 15.4 Å². The number of sulfonamides is 1. The van der Waals surface area contributed by atoms with E-state index in [4.69, 9.17) is 0 Å². The van der Waals surface area contributed by atoms with Crippen molar-refractivity contribution in [3.63, 3.8) is 0 Å². The van der Waals surface area contributed by atoms with Gasteiger partial charge in [-0.05, 0) is 24.3 Å². The maximum atomic E-state index is 12.3. The average Bonchev–Trinajstić information content (AvgIpc) is 2.90. The molecule has 2 aromatic rings. The molecular weight excluding hydrogens is 318 g/mol. The molecule has 0 spiro atoms. The zero-order valence-corrected chi connectivity index (χ0v) is 13.3.